The van der Waals surface area contributed by atoms with Crippen molar-refractivity contribution >= 4 is 10.8 Å². The molecule has 0 aliphatic heterocycles. The average Bonchev–Trinajstić information content (AvgIpc) is 2.43. The first kappa shape index (κ1) is 13.9. The lowest BCUT2D eigenvalue weighted by Crippen LogP contribution is -2.28. The summed E-state index contributed by atoms with van der Waals surface area (Å²) in [6.07, 6.45) is 1.05. The predicted octanol–water partition coefficient (Wildman–Crippen LogP) is 3.73. The van der Waals surface area contributed by atoms with Gasteiger partial charge in [-0.25, -0.2) is 0 Å². The van der Waals surface area contributed by atoms with Gasteiger partial charge in [-0.1, -0.05) is 30.3 Å². The molecule has 0 bridgehead atoms. The average molecular weight is 257 g/mol. The summed E-state index contributed by atoms with van der Waals surface area (Å²) in [5, 5.41) is 2.51. The smallest absolute Gasteiger partial charge is 0.126 e. The van der Waals surface area contributed by atoms with E-state index in [0.29, 0.717) is 6.04 Å². The highest BCUT2D eigenvalue weighted by molar-refractivity contribution is 5.91. The molecule has 0 aliphatic carbocycles. The van der Waals surface area contributed by atoms with Crippen LogP contribution in [0.1, 0.15) is 19.4 Å². The van der Waals surface area contributed by atoms with Gasteiger partial charge in [-0.2, -0.15) is 0 Å². The van der Waals surface area contributed by atoms with Crippen LogP contribution in [0.15, 0.2) is 36.4 Å². The van der Waals surface area contributed by atoms with Crippen LogP contribution < -0.4 is 4.74 Å². The van der Waals surface area contributed by atoms with Crippen LogP contribution in [0.3, 0.4) is 0 Å². The quantitative estimate of drug-likeness (QED) is 0.809. The molecule has 2 aromatic rings. The molecule has 0 aliphatic rings. The molecule has 0 saturated heterocycles. The zero-order valence-electron chi connectivity index (χ0n) is 12.3. The molecule has 2 aromatic carbocycles. The number of nitrogens with zero attached hydrogens (tertiary/aromatic N) is 1. The molecule has 0 aromatic heterocycles. The fraction of sp³-hybridized carbons (Fsp3) is 0.412. The molecule has 0 fully saturated rings. The molecule has 0 N–H and O–H groups in total. The van der Waals surface area contributed by atoms with E-state index in [9.17, 15) is 0 Å². The van der Waals surface area contributed by atoms with Gasteiger partial charge in [-0.15, -0.1) is 0 Å². The molecular formula is C17H23NO. The first-order valence-corrected chi connectivity index (χ1v) is 6.88. The van der Waals surface area contributed by atoms with E-state index in [1.54, 1.807) is 7.11 Å². The zero-order valence-corrected chi connectivity index (χ0v) is 12.3. The zero-order chi connectivity index (χ0) is 13.8. The Morgan fingerprint density at radius 1 is 1.11 bits per heavy atom. The number of rotatable bonds is 5. The molecule has 0 unspecified atom stereocenters. The van der Waals surface area contributed by atoms with Crippen LogP contribution >= 0.6 is 0 Å². The van der Waals surface area contributed by atoms with Crippen LogP contribution in [0.2, 0.25) is 0 Å². The fourth-order valence-electron chi connectivity index (χ4n) is 2.32. The van der Waals surface area contributed by atoms with Crippen LogP contribution in [0, 0.1) is 0 Å². The van der Waals surface area contributed by atoms with Gasteiger partial charge >= 0.3 is 0 Å². The maximum absolute atomic E-state index is 5.51. The third-order valence-corrected chi connectivity index (χ3v) is 3.79. The third kappa shape index (κ3) is 3.07. The maximum atomic E-state index is 5.51. The van der Waals surface area contributed by atoms with Gasteiger partial charge in [0.25, 0.3) is 0 Å². The second kappa shape index (κ2) is 6.07. The van der Waals surface area contributed by atoms with Gasteiger partial charge in [0.2, 0.25) is 0 Å². The molecule has 2 nitrogen and oxygen atoms in total. The second-order valence-corrected chi connectivity index (χ2v) is 5.30. The molecule has 19 heavy (non-hydrogen) atoms. The van der Waals surface area contributed by atoms with Gasteiger partial charge in [0.05, 0.1) is 7.11 Å². The summed E-state index contributed by atoms with van der Waals surface area (Å²) in [5.41, 5.74) is 1.36. The monoisotopic (exact) mass is 257 g/mol. The van der Waals surface area contributed by atoms with Crippen molar-refractivity contribution in [2.24, 2.45) is 0 Å². The van der Waals surface area contributed by atoms with E-state index in [-0.39, 0.29) is 0 Å². The highest BCUT2D eigenvalue weighted by atomic mass is 16.5. The van der Waals surface area contributed by atoms with Crippen molar-refractivity contribution in [2.75, 3.05) is 20.7 Å². The predicted molar refractivity (Wildman–Crippen MR) is 82.0 cm³/mol. The Balaban J connectivity index is 2.32. The SMILES string of the molecule is COc1cccc2cccc(CCN(C)C(C)C)c12. The van der Waals surface area contributed by atoms with Crippen LogP contribution in [0.25, 0.3) is 10.8 Å². The number of likely N-dealkylation sites (N-methyl/N-ethyl adjacent to an activating group) is 1. The van der Waals surface area contributed by atoms with Crippen molar-refractivity contribution in [1.82, 2.24) is 4.90 Å². The summed E-state index contributed by atoms with van der Waals surface area (Å²) < 4.78 is 5.51. The van der Waals surface area contributed by atoms with Crippen molar-refractivity contribution < 1.29 is 4.74 Å². The number of ether oxygens (including phenoxy) is 1. The number of fused-ring (bicyclic) bond motifs is 1. The molecule has 0 radical (unpaired) electrons. The normalized spacial score (nSPS) is 11.5. The lowest BCUT2D eigenvalue weighted by molar-refractivity contribution is 0.277. The summed E-state index contributed by atoms with van der Waals surface area (Å²) in [6, 6.07) is 13.3. The van der Waals surface area contributed by atoms with Crippen molar-refractivity contribution in [3.63, 3.8) is 0 Å². The Kier molecular flexibility index (Phi) is 4.43. The first-order chi connectivity index (χ1) is 9.13. The van der Waals surface area contributed by atoms with E-state index in [2.05, 4.69) is 50.1 Å². The van der Waals surface area contributed by atoms with Crippen LogP contribution in [0.4, 0.5) is 0 Å². The Morgan fingerprint density at radius 3 is 2.42 bits per heavy atom. The molecular weight excluding hydrogens is 234 g/mol. The second-order valence-electron chi connectivity index (χ2n) is 5.30. The van der Waals surface area contributed by atoms with Gasteiger partial charge in [-0.05, 0) is 44.3 Å². The van der Waals surface area contributed by atoms with E-state index >= 15 is 0 Å². The van der Waals surface area contributed by atoms with Gasteiger partial charge in [-0.3, -0.25) is 0 Å². The maximum Gasteiger partial charge on any atom is 0.126 e. The van der Waals surface area contributed by atoms with E-state index in [4.69, 9.17) is 4.74 Å². The van der Waals surface area contributed by atoms with Gasteiger partial charge in [0, 0.05) is 18.0 Å². The number of benzene rings is 2. The van der Waals surface area contributed by atoms with E-state index in [0.717, 1.165) is 18.7 Å². The summed E-state index contributed by atoms with van der Waals surface area (Å²) in [7, 11) is 3.92. The Hall–Kier alpha value is -1.54. The van der Waals surface area contributed by atoms with Gasteiger partial charge < -0.3 is 9.64 Å². The Bertz CT molecular complexity index is 543. The van der Waals surface area contributed by atoms with Crippen LogP contribution in [-0.2, 0) is 6.42 Å². The highest BCUT2D eigenvalue weighted by Crippen LogP contribution is 2.29. The number of methoxy groups -OCH3 is 1. The molecule has 0 amide bonds. The summed E-state index contributed by atoms with van der Waals surface area (Å²) in [5.74, 6) is 0.972. The van der Waals surface area contributed by atoms with Crippen molar-refractivity contribution in [1.29, 1.82) is 0 Å². The molecule has 0 atom stereocenters. The minimum absolute atomic E-state index is 0.580. The highest BCUT2D eigenvalue weighted by Gasteiger charge is 2.08. The molecule has 0 spiro atoms. The Labute approximate surface area is 116 Å². The fourth-order valence-corrected chi connectivity index (χ4v) is 2.32. The lowest BCUT2D eigenvalue weighted by Gasteiger charge is -2.21. The molecule has 102 valence electrons. The largest absolute Gasteiger partial charge is 0.496 e. The Morgan fingerprint density at radius 2 is 1.79 bits per heavy atom. The topological polar surface area (TPSA) is 12.5 Å². The van der Waals surface area contributed by atoms with Crippen molar-refractivity contribution in [3.8, 4) is 5.75 Å². The van der Waals surface area contributed by atoms with Crippen LogP contribution in [-0.4, -0.2) is 31.6 Å². The molecule has 0 heterocycles. The summed E-state index contributed by atoms with van der Waals surface area (Å²) >= 11 is 0. The minimum atomic E-state index is 0.580. The molecule has 0 saturated carbocycles. The van der Waals surface area contributed by atoms with Crippen LogP contribution in [0.5, 0.6) is 5.75 Å². The van der Waals surface area contributed by atoms with Gasteiger partial charge in [0.1, 0.15) is 5.75 Å². The standard InChI is InChI=1S/C17H23NO/c1-13(2)18(3)12-11-15-8-5-7-14-9-6-10-16(19-4)17(14)15/h5-10,13H,11-12H2,1-4H3. The van der Waals surface area contributed by atoms with Crippen molar-refractivity contribution in [3.05, 3.63) is 42.0 Å². The van der Waals surface area contributed by atoms with E-state index in [1.165, 1.54) is 16.3 Å². The van der Waals surface area contributed by atoms with E-state index in [1.807, 2.05) is 12.1 Å². The lowest BCUT2D eigenvalue weighted by atomic mass is 10.0. The van der Waals surface area contributed by atoms with E-state index < -0.39 is 0 Å². The number of hydrogen-bond donors (Lipinski definition) is 0. The molecule has 2 heteroatoms. The first-order valence-electron chi connectivity index (χ1n) is 6.88. The number of hydrogen-bond acceptors (Lipinski definition) is 2. The summed E-state index contributed by atoms with van der Waals surface area (Å²) in [4.78, 5) is 2.37. The van der Waals surface area contributed by atoms with Crippen molar-refractivity contribution in [2.45, 2.75) is 26.3 Å². The van der Waals surface area contributed by atoms with Gasteiger partial charge in [0.15, 0.2) is 0 Å². The summed E-state index contributed by atoms with van der Waals surface area (Å²) in [6.45, 7) is 5.52. The third-order valence-electron chi connectivity index (χ3n) is 3.79. The molecule has 2 rings (SSSR count). The minimum Gasteiger partial charge on any atom is -0.496 e.